The smallest absolute Gasteiger partial charge is 0.0235 e. The molecule has 0 spiro atoms. The lowest BCUT2D eigenvalue weighted by atomic mass is 10.2. The Bertz CT molecular complexity index is 185. The van der Waals surface area contributed by atoms with Gasteiger partial charge in [-0.05, 0) is 60.6 Å². The van der Waals surface area contributed by atoms with Crippen molar-refractivity contribution in [3.8, 4) is 0 Å². The molecule has 0 aromatic heterocycles. The molecule has 0 bridgehead atoms. The monoisotopic (exact) mass is 258 g/mol. The van der Waals surface area contributed by atoms with Crippen molar-refractivity contribution < 1.29 is 0 Å². The van der Waals surface area contributed by atoms with Crippen molar-refractivity contribution in [2.45, 2.75) is 76.0 Å². The molecule has 0 aliphatic carbocycles. The Balaban J connectivity index is 1.82. The Morgan fingerprint density at radius 1 is 0.625 bits per heavy atom. The van der Waals surface area contributed by atoms with Gasteiger partial charge in [0.2, 0.25) is 0 Å². The fourth-order valence-corrected chi connectivity index (χ4v) is 10.9. The second-order valence-electron chi connectivity index (χ2n) is 6.03. The van der Waals surface area contributed by atoms with E-state index in [1.165, 1.54) is 25.7 Å². The summed E-state index contributed by atoms with van der Waals surface area (Å²) < 4.78 is 0. The van der Waals surface area contributed by atoms with Gasteiger partial charge in [-0.2, -0.15) is 0 Å². The number of rotatable bonds is 3. The maximum Gasteiger partial charge on any atom is -0.0235 e. The van der Waals surface area contributed by atoms with Gasteiger partial charge in [0.05, 0.1) is 0 Å². The maximum absolute atomic E-state index is 2.52. The largest absolute Gasteiger partial charge is 0.101 e. The Labute approximate surface area is 104 Å². The van der Waals surface area contributed by atoms with Crippen LogP contribution in [0.15, 0.2) is 0 Å². The molecule has 2 rings (SSSR count). The zero-order valence-electron chi connectivity index (χ0n) is 11.4. The summed E-state index contributed by atoms with van der Waals surface area (Å²) in [6.07, 6.45) is 9.31. The lowest BCUT2D eigenvalue weighted by Crippen LogP contribution is -2.08. The van der Waals surface area contributed by atoms with Gasteiger partial charge < -0.3 is 0 Å². The molecular formula is C14H28P2. The molecule has 4 atom stereocenters. The minimum atomic E-state index is 0.394. The maximum atomic E-state index is 2.52. The van der Waals surface area contributed by atoms with Gasteiger partial charge in [0.1, 0.15) is 0 Å². The molecule has 0 N–H and O–H groups in total. The highest BCUT2D eigenvalue weighted by Gasteiger charge is 2.33. The first-order valence-corrected chi connectivity index (χ1v) is 10.4. The molecule has 94 valence electrons. The molecule has 2 aliphatic heterocycles. The van der Waals surface area contributed by atoms with E-state index in [1.807, 2.05) is 0 Å². The van der Waals surface area contributed by atoms with Gasteiger partial charge in [-0.1, -0.05) is 27.7 Å². The van der Waals surface area contributed by atoms with Crippen molar-refractivity contribution in [3.05, 3.63) is 0 Å². The normalized spacial score (nSPS) is 42.0. The average molecular weight is 258 g/mol. The Kier molecular flexibility index (Phi) is 4.71. The van der Waals surface area contributed by atoms with Crippen LogP contribution >= 0.6 is 15.8 Å². The summed E-state index contributed by atoms with van der Waals surface area (Å²) in [5.41, 5.74) is 4.31. The number of hydrogen-bond donors (Lipinski definition) is 0. The minimum Gasteiger partial charge on any atom is -0.101 e. The van der Waals surface area contributed by atoms with E-state index in [2.05, 4.69) is 27.7 Å². The van der Waals surface area contributed by atoms with Crippen molar-refractivity contribution in [3.63, 3.8) is 0 Å². The van der Waals surface area contributed by atoms with E-state index in [4.69, 9.17) is 0 Å². The van der Waals surface area contributed by atoms with Crippen LogP contribution in [0.5, 0.6) is 0 Å². The summed E-state index contributed by atoms with van der Waals surface area (Å²) in [5.74, 6) is 0. The quantitative estimate of drug-likeness (QED) is 0.618. The first-order valence-electron chi connectivity index (χ1n) is 7.11. The molecule has 0 amide bonds. The van der Waals surface area contributed by atoms with Crippen LogP contribution < -0.4 is 0 Å². The molecule has 0 radical (unpaired) electrons. The molecule has 0 aromatic carbocycles. The average Bonchev–Trinajstić information content (AvgIpc) is 2.72. The van der Waals surface area contributed by atoms with Gasteiger partial charge in [0, 0.05) is 0 Å². The van der Waals surface area contributed by atoms with E-state index in [-0.39, 0.29) is 0 Å². The fraction of sp³-hybridized carbons (Fsp3) is 1.00. The standard InChI is InChI=1S/C14H28P2/c1-11-5-6-12(2)15(11)9-10-16-13(3)7-8-14(16)4/h11-14H,5-10H2,1-4H3/t11-,12-,13+,14+. The predicted molar refractivity (Wildman–Crippen MR) is 79.9 cm³/mol. The molecule has 0 unspecified atom stereocenters. The molecule has 2 heteroatoms. The van der Waals surface area contributed by atoms with Crippen LogP contribution in [0.1, 0.15) is 53.4 Å². The molecule has 2 saturated heterocycles. The summed E-state index contributed by atoms with van der Waals surface area (Å²) in [4.78, 5) is 0. The molecule has 0 aromatic rings. The van der Waals surface area contributed by atoms with Crippen LogP contribution in [0.3, 0.4) is 0 Å². The summed E-state index contributed by atoms with van der Waals surface area (Å²) in [5, 5.41) is 0. The van der Waals surface area contributed by atoms with Crippen molar-refractivity contribution in [2.24, 2.45) is 0 Å². The van der Waals surface area contributed by atoms with E-state index < -0.39 is 0 Å². The number of hydrogen-bond acceptors (Lipinski definition) is 0. The van der Waals surface area contributed by atoms with Gasteiger partial charge in [-0.3, -0.25) is 0 Å². The summed E-state index contributed by atoms with van der Waals surface area (Å²) in [6.45, 7) is 10.1. The molecule has 0 saturated carbocycles. The van der Waals surface area contributed by atoms with Gasteiger partial charge in [0.15, 0.2) is 0 Å². The zero-order chi connectivity index (χ0) is 11.7. The topological polar surface area (TPSA) is 0 Å². The highest BCUT2D eigenvalue weighted by atomic mass is 31.1. The van der Waals surface area contributed by atoms with E-state index in [1.54, 1.807) is 12.3 Å². The first kappa shape index (κ1) is 13.3. The third-order valence-corrected chi connectivity index (χ3v) is 12.3. The summed E-state index contributed by atoms with van der Waals surface area (Å²) >= 11 is 0. The zero-order valence-corrected chi connectivity index (χ0v) is 13.2. The van der Waals surface area contributed by atoms with Gasteiger partial charge in [-0.15, -0.1) is 15.8 Å². The highest BCUT2D eigenvalue weighted by molar-refractivity contribution is 7.63. The lowest BCUT2D eigenvalue weighted by molar-refractivity contribution is 0.777. The Morgan fingerprint density at radius 2 is 0.875 bits per heavy atom. The molecule has 2 heterocycles. The second-order valence-corrected chi connectivity index (χ2v) is 12.5. The van der Waals surface area contributed by atoms with Crippen molar-refractivity contribution in [2.75, 3.05) is 12.3 Å². The molecule has 2 fully saturated rings. The van der Waals surface area contributed by atoms with Gasteiger partial charge in [0.25, 0.3) is 0 Å². The Morgan fingerprint density at radius 3 is 1.12 bits per heavy atom. The molecule has 0 nitrogen and oxygen atoms in total. The highest BCUT2D eigenvalue weighted by Crippen LogP contribution is 2.60. The van der Waals surface area contributed by atoms with Crippen molar-refractivity contribution in [1.29, 1.82) is 0 Å². The van der Waals surface area contributed by atoms with E-state index in [0.717, 1.165) is 22.6 Å². The van der Waals surface area contributed by atoms with Gasteiger partial charge >= 0.3 is 0 Å². The predicted octanol–water partition coefficient (Wildman–Crippen LogP) is 5.09. The van der Waals surface area contributed by atoms with E-state index in [9.17, 15) is 0 Å². The molecule has 2 aliphatic rings. The van der Waals surface area contributed by atoms with Crippen molar-refractivity contribution in [1.82, 2.24) is 0 Å². The lowest BCUT2D eigenvalue weighted by Gasteiger charge is -2.26. The minimum absolute atomic E-state index is 0.394. The summed E-state index contributed by atoms with van der Waals surface area (Å²) in [6, 6.07) is 0. The third-order valence-electron chi connectivity index (χ3n) is 4.89. The van der Waals surface area contributed by atoms with Crippen LogP contribution in [-0.2, 0) is 0 Å². The second kappa shape index (κ2) is 5.67. The van der Waals surface area contributed by atoms with Crippen molar-refractivity contribution >= 4 is 15.8 Å². The van der Waals surface area contributed by atoms with E-state index >= 15 is 0 Å². The Hall–Kier alpha value is 0.860. The van der Waals surface area contributed by atoms with Gasteiger partial charge in [-0.25, -0.2) is 0 Å². The van der Waals surface area contributed by atoms with Crippen LogP contribution in [0.25, 0.3) is 0 Å². The first-order chi connectivity index (χ1) is 7.59. The fourth-order valence-electron chi connectivity index (χ4n) is 3.61. The van der Waals surface area contributed by atoms with Crippen LogP contribution in [-0.4, -0.2) is 35.0 Å². The molecule has 16 heavy (non-hydrogen) atoms. The summed E-state index contributed by atoms with van der Waals surface area (Å²) in [7, 11) is 0.789. The van der Waals surface area contributed by atoms with Crippen LogP contribution in [0.4, 0.5) is 0 Å². The van der Waals surface area contributed by atoms with E-state index in [0.29, 0.717) is 15.8 Å². The molecular weight excluding hydrogens is 230 g/mol. The van der Waals surface area contributed by atoms with Crippen LogP contribution in [0, 0.1) is 0 Å². The third kappa shape index (κ3) is 2.81. The SMILES string of the molecule is C[C@@H]1CC[C@@H](C)P1CCP1[C@@H](C)CC[C@@H]1C. The van der Waals surface area contributed by atoms with Crippen LogP contribution in [0.2, 0.25) is 0 Å².